The molecule has 0 radical (unpaired) electrons. The zero-order valence-electron chi connectivity index (χ0n) is 2.55. The molecule has 2 nitrogen and oxygen atoms in total. The minimum Gasteiger partial charge on any atom is -0.278 e. The predicted octanol–water partition coefficient (Wildman–Crippen LogP) is 0.997. The third-order valence-electron chi connectivity index (χ3n) is 0.0430. The van der Waals surface area contributed by atoms with Gasteiger partial charge in [0.25, 0.3) is 0 Å². The first-order valence-electron chi connectivity index (χ1n) is 0.601. The van der Waals surface area contributed by atoms with Crippen LogP contribution in [0, 0.1) is 0 Å². The van der Waals surface area contributed by atoms with Gasteiger partial charge in [-0.15, -0.1) is 0 Å². The topological polar surface area (TPSA) is 26.3 Å². The van der Waals surface area contributed by atoms with Crippen molar-refractivity contribution in [2.75, 3.05) is 0 Å². The summed E-state index contributed by atoms with van der Waals surface area (Å²) in [5.41, 5.74) is 0. The van der Waals surface area contributed by atoms with E-state index in [4.69, 9.17) is 4.57 Å². The fourth-order valence-corrected chi connectivity index (χ4v) is 0. The molecule has 0 aromatic carbocycles. The van der Waals surface area contributed by atoms with E-state index in [2.05, 4.69) is 4.31 Å². The third kappa shape index (κ3) is 11.1. The van der Waals surface area contributed by atoms with Gasteiger partial charge in [-0.3, -0.25) is 4.31 Å². The molecule has 0 aliphatic heterocycles. The Kier molecular flexibility index (Phi) is 16.9. The van der Waals surface area contributed by atoms with E-state index < -0.39 is 0 Å². The molecule has 5 heavy (non-hydrogen) atoms. The summed E-state index contributed by atoms with van der Waals surface area (Å²) in [5.74, 6) is 0. The van der Waals surface area contributed by atoms with Gasteiger partial charge in [-0.05, 0) is 0 Å². The van der Waals surface area contributed by atoms with Crippen LogP contribution in [0.25, 0.3) is 0 Å². The maximum atomic E-state index is 9.03. The Morgan fingerprint density at radius 2 is 2.00 bits per heavy atom. The van der Waals surface area contributed by atoms with E-state index in [0.29, 0.717) is 0 Å². The Bertz CT molecular complexity index is 21.6. The summed E-state index contributed by atoms with van der Waals surface area (Å²) in [7, 11) is 1.54. The van der Waals surface area contributed by atoms with Gasteiger partial charge in [0.1, 0.15) is 0 Å². The van der Waals surface area contributed by atoms with E-state index in [1.165, 1.54) is 0 Å². The van der Waals surface area contributed by atoms with Crippen LogP contribution in [0.15, 0.2) is 0 Å². The first-order chi connectivity index (χ1) is 1.91. The average molecular weight is 161 g/mol. The molecule has 1 atom stereocenters. The van der Waals surface area contributed by atoms with Crippen LogP contribution in [0.4, 0.5) is 0 Å². The summed E-state index contributed by atoms with van der Waals surface area (Å²) >= 11 is 0. The standard InChI is InChI=1S/H2O2P2.Zn/c1-4-2-3;/h3H2;. The Hall–Kier alpha value is 1.11. The van der Waals surface area contributed by atoms with Gasteiger partial charge in [-0.2, -0.15) is 0 Å². The molecule has 0 aromatic rings. The van der Waals surface area contributed by atoms with Crippen molar-refractivity contribution in [1.29, 1.82) is 0 Å². The van der Waals surface area contributed by atoms with Crippen molar-refractivity contribution in [2.24, 2.45) is 0 Å². The molecule has 5 heteroatoms. The zero-order chi connectivity index (χ0) is 3.41. The molecule has 0 heterocycles. The molecule has 1 unspecified atom stereocenters. The van der Waals surface area contributed by atoms with Crippen LogP contribution in [0.3, 0.4) is 0 Å². The molecule has 0 amide bonds. The zero-order valence-corrected chi connectivity index (χ0v) is 7.56. The van der Waals surface area contributed by atoms with Crippen molar-refractivity contribution in [3.63, 3.8) is 0 Å². The smallest absolute Gasteiger partial charge is 0.278 e. The maximum Gasteiger partial charge on any atom is 0.330 e. The van der Waals surface area contributed by atoms with Crippen LogP contribution in [-0.4, -0.2) is 0 Å². The van der Waals surface area contributed by atoms with Gasteiger partial charge in [-0.1, -0.05) is 0 Å². The SMILES string of the molecule is O=POP.[Zn]. The summed E-state index contributed by atoms with van der Waals surface area (Å²) in [6, 6.07) is 0. The van der Waals surface area contributed by atoms with Gasteiger partial charge in [0, 0.05) is 28.9 Å². The number of hydrogen-bond acceptors (Lipinski definition) is 2. The molecule has 0 aliphatic carbocycles. The molecule has 0 saturated carbocycles. The average Bonchev–Trinajstić information content (AvgIpc) is 1.37. The second-order valence-electron chi connectivity index (χ2n) is 0.180. The Morgan fingerprint density at radius 1 is 1.80 bits per heavy atom. The van der Waals surface area contributed by atoms with Gasteiger partial charge >= 0.3 is 8.69 Å². The normalized spacial score (nSPS) is 6.60. The van der Waals surface area contributed by atoms with Crippen LogP contribution in [0.1, 0.15) is 0 Å². The van der Waals surface area contributed by atoms with Crippen molar-refractivity contribution in [2.45, 2.75) is 0 Å². The Labute approximate surface area is 47.0 Å². The van der Waals surface area contributed by atoms with Crippen molar-refractivity contribution in [1.82, 2.24) is 0 Å². The molecule has 26 valence electrons. The summed E-state index contributed by atoms with van der Waals surface area (Å²) in [4.78, 5) is 0. The molecule has 0 rings (SSSR count). The number of hydrogen-bond donors (Lipinski definition) is 0. The van der Waals surface area contributed by atoms with Crippen LogP contribution in [0.5, 0.6) is 0 Å². The van der Waals surface area contributed by atoms with Crippen LogP contribution >= 0.6 is 18.2 Å². The predicted molar refractivity (Wildman–Crippen MR) is 18.4 cm³/mol. The first-order valence-corrected chi connectivity index (χ1v) is 1.80. The fourth-order valence-electron chi connectivity index (χ4n) is 0. The van der Waals surface area contributed by atoms with Crippen molar-refractivity contribution in [3.8, 4) is 0 Å². The van der Waals surface area contributed by atoms with Crippen LogP contribution in [0.2, 0.25) is 0 Å². The molecule has 0 saturated heterocycles. The molecular weight excluding hydrogens is 159 g/mol. The van der Waals surface area contributed by atoms with E-state index in [1.54, 1.807) is 0 Å². The van der Waals surface area contributed by atoms with E-state index >= 15 is 0 Å². The van der Waals surface area contributed by atoms with Gasteiger partial charge < -0.3 is 0 Å². The second kappa shape index (κ2) is 8.93. The monoisotopic (exact) mass is 160 g/mol. The minimum atomic E-state index is -0.289. The van der Waals surface area contributed by atoms with Gasteiger partial charge in [0.05, 0.1) is 0 Å². The molecule has 0 bridgehead atoms. The summed E-state index contributed by atoms with van der Waals surface area (Å²) in [6.07, 6.45) is 0. The molecule has 0 spiro atoms. The Morgan fingerprint density at radius 3 is 2.00 bits per heavy atom. The second-order valence-corrected chi connectivity index (χ2v) is 1.17. The quantitative estimate of drug-likeness (QED) is 0.423. The molecule has 0 aromatic heterocycles. The van der Waals surface area contributed by atoms with Crippen molar-refractivity contribution in [3.05, 3.63) is 0 Å². The molecule has 0 fully saturated rings. The summed E-state index contributed by atoms with van der Waals surface area (Å²) < 4.78 is 12.9. The van der Waals surface area contributed by atoms with E-state index in [1.807, 2.05) is 9.47 Å². The molecular formula is H2O2P2Zn. The van der Waals surface area contributed by atoms with Crippen molar-refractivity contribution < 1.29 is 28.4 Å². The molecule has 0 aliphatic rings. The van der Waals surface area contributed by atoms with E-state index in [0.717, 1.165) is 0 Å². The van der Waals surface area contributed by atoms with Gasteiger partial charge in [-0.25, -0.2) is 4.57 Å². The number of rotatable bonds is 1. The van der Waals surface area contributed by atoms with Gasteiger partial charge in [0.15, 0.2) is 0 Å². The summed E-state index contributed by atoms with van der Waals surface area (Å²) in [5, 5.41) is 0. The fraction of sp³-hybridized carbons (Fsp3) is 0. The van der Waals surface area contributed by atoms with E-state index in [9.17, 15) is 0 Å². The summed E-state index contributed by atoms with van der Waals surface area (Å²) in [6.45, 7) is 0. The minimum absolute atomic E-state index is 0. The van der Waals surface area contributed by atoms with Gasteiger partial charge in [0.2, 0.25) is 0 Å². The van der Waals surface area contributed by atoms with Crippen molar-refractivity contribution >= 4 is 18.2 Å². The first kappa shape index (κ1) is 9.45. The van der Waals surface area contributed by atoms with E-state index in [-0.39, 0.29) is 28.2 Å². The van der Waals surface area contributed by atoms with Crippen LogP contribution < -0.4 is 0 Å². The third-order valence-corrected chi connectivity index (χ3v) is 0.387. The Balaban J connectivity index is 0. The largest absolute Gasteiger partial charge is 0.330 e. The van der Waals surface area contributed by atoms with Crippen LogP contribution in [-0.2, 0) is 28.4 Å². The maximum absolute atomic E-state index is 9.03. The molecule has 0 N–H and O–H groups in total.